The Bertz CT molecular complexity index is 642. The molecule has 1 aromatic heterocycles. The minimum atomic E-state index is -0.746. The van der Waals surface area contributed by atoms with E-state index in [1.807, 2.05) is 13.8 Å². The van der Waals surface area contributed by atoms with Crippen LogP contribution in [0.15, 0.2) is 47.1 Å². The van der Waals surface area contributed by atoms with E-state index in [-0.39, 0.29) is 23.7 Å². The molecule has 130 valence electrons. The van der Waals surface area contributed by atoms with Gasteiger partial charge in [0, 0.05) is 18.4 Å². The van der Waals surface area contributed by atoms with Crippen LogP contribution < -0.4 is 5.32 Å². The number of rotatable bonds is 8. The van der Waals surface area contributed by atoms with Gasteiger partial charge in [-0.1, -0.05) is 25.1 Å². The van der Waals surface area contributed by atoms with E-state index in [0.717, 1.165) is 0 Å². The Morgan fingerprint density at radius 1 is 1.25 bits per heavy atom. The van der Waals surface area contributed by atoms with Gasteiger partial charge in [0.1, 0.15) is 17.7 Å². The summed E-state index contributed by atoms with van der Waals surface area (Å²) in [5.74, 6) is -0.0676. The zero-order valence-corrected chi connectivity index (χ0v) is 14.0. The molecule has 0 radical (unpaired) electrons. The largest absolute Gasteiger partial charge is 0.467 e. The second kappa shape index (κ2) is 8.64. The molecule has 24 heavy (non-hydrogen) atoms. The molecule has 0 spiro atoms. The van der Waals surface area contributed by atoms with Gasteiger partial charge in [0.2, 0.25) is 5.91 Å². The second-order valence-electron chi connectivity index (χ2n) is 6.21. The van der Waals surface area contributed by atoms with Crippen molar-refractivity contribution < 1.29 is 18.7 Å². The maximum absolute atomic E-state index is 13.6. The summed E-state index contributed by atoms with van der Waals surface area (Å²) < 4.78 is 18.7. The summed E-state index contributed by atoms with van der Waals surface area (Å²) >= 11 is 0. The third kappa shape index (κ3) is 5.20. The van der Waals surface area contributed by atoms with Crippen molar-refractivity contribution in [2.24, 2.45) is 5.92 Å². The summed E-state index contributed by atoms with van der Waals surface area (Å²) in [7, 11) is 0. The lowest BCUT2D eigenvalue weighted by Crippen LogP contribution is -2.37. The molecule has 3 unspecified atom stereocenters. The summed E-state index contributed by atoms with van der Waals surface area (Å²) in [5.41, 5.74) is 0.624. The van der Waals surface area contributed by atoms with Gasteiger partial charge in [-0.05, 0) is 43.5 Å². The van der Waals surface area contributed by atoms with Crippen molar-refractivity contribution in [3.63, 3.8) is 0 Å². The molecule has 0 aliphatic carbocycles. The lowest BCUT2D eigenvalue weighted by Gasteiger charge is -2.19. The van der Waals surface area contributed by atoms with Gasteiger partial charge in [-0.15, -0.1) is 0 Å². The van der Waals surface area contributed by atoms with Gasteiger partial charge in [-0.3, -0.25) is 4.79 Å². The Balaban J connectivity index is 1.77. The van der Waals surface area contributed by atoms with Crippen LogP contribution in [0.4, 0.5) is 4.39 Å². The lowest BCUT2D eigenvalue weighted by atomic mass is 9.99. The maximum Gasteiger partial charge on any atom is 0.223 e. The highest BCUT2D eigenvalue weighted by atomic mass is 19.1. The predicted octanol–water partition coefficient (Wildman–Crippen LogP) is 3.62. The molecule has 2 aromatic rings. The van der Waals surface area contributed by atoms with Crippen molar-refractivity contribution in [3.05, 3.63) is 59.8 Å². The van der Waals surface area contributed by atoms with Crippen LogP contribution >= 0.6 is 0 Å². The molecular formula is C19H24FNO3. The molecule has 0 aliphatic heterocycles. The number of carbonyl (C=O) groups is 1. The molecule has 0 aliphatic rings. The normalized spacial score (nSPS) is 14.8. The number of amides is 1. The Hall–Kier alpha value is -2.14. The predicted molar refractivity (Wildman–Crippen MR) is 89.8 cm³/mol. The van der Waals surface area contributed by atoms with E-state index in [4.69, 9.17) is 4.42 Å². The SMILES string of the molecule is CC(CC(O)c1ccco1)NC(=O)C(C)CCc1ccccc1F. The van der Waals surface area contributed by atoms with E-state index < -0.39 is 6.10 Å². The fourth-order valence-corrected chi connectivity index (χ4v) is 2.58. The molecule has 3 atom stereocenters. The monoisotopic (exact) mass is 333 g/mol. The van der Waals surface area contributed by atoms with Crippen LogP contribution in [0.1, 0.15) is 44.1 Å². The highest BCUT2D eigenvalue weighted by Gasteiger charge is 2.19. The van der Waals surface area contributed by atoms with E-state index in [9.17, 15) is 14.3 Å². The first kappa shape index (κ1) is 18.2. The van der Waals surface area contributed by atoms with Crippen molar-refractivity contribution in [1.82, 2.24) is 5.32 Å². The molecule has 0 bridgehead atoms. The summed E-state index contributed by atoms with van der Waals surface area (Å²) in [6.45, 7) is 3.67. The number of carbonyl (C=O) groups excluding carboxylic acids is 1. The third-order valence-corrected chi connectivity index (χ3v) is 4.09. The minimum absolute atomic E-state index is 0.0921. The topological polar surface area (TPSA) is 62.5 Å². The van der Waals surface area contributed by atoms with Gasteiger partial charge < -0.3 is 14.8 Å². The number of halogens is 1. The zero-order valence-electron chi connectivity index (χ0n) is 14.0. The summed E-state index contributed by atoms with van der Waals surface area (Å²) in [5, 5.41) is 12.9. The molecule has 1 aromatic carbocycles. The Labute approximate surface area is 141 Å². The van der Waals surface area contributed by atoms with Gasteiger partial charge in [-0.2, -0.15) is 0 Å². The smallest absolute Gasteiger partial charge is 0.223 e. The molecule has 1 heterocycles. The van der Waals surface area contributed by atoms with Crippen LogP contribution in [0.5, 0.6) is 0 Å². The number of nitrogens with one attached hydrogen (secondary N) is 1. The number of aryl methyl sites for hydroxylation is 1. The number of furan rings is 1. The number of aliphatic hydroxyl groups is 1. The van der Waals surface area contributed by atoms with E-state index in [0.29, 0.717) is 30.6 Å². The van der Waals surface area contributed by atoms with E-state index in [2.05, 4.69) is 5.32 Å². The third-order valence-electron chi connectivity index (χ3n) is 4.09. The van der Waals surface area contributed by atoms with Crippen LogP contribution in [-0.4, -0.2) is 17.1 Å². The minimum Gasteiger partial charge on any atom is -0.467 e. The number of hydrogen-bond donors (Lipinski definition) is 2. The Morgan fingerprint density at radius 3 is 2.67 bits per heavy atom. The highest BCUT2D eigenvalue weighted by molar-refractivity contribution is 5.78. The van der Waals surface area contributed by atoms with Crippen LogP contribution in [-0.2, 0) is 11.2 Å². The molecule has 0 saturated carbocycles. The molecule has 2 rings (SSSR count). The van der Waals surface area contributed by atoms with Gasteiger partial charge in [0.15, 0.2) is 0 Å². The number of aliphatic hydroxyl groups excluding tert-OH is 1. The van der Waals surface area contributed by atoms with Gasteiger partial charge in [0.25, 0.3) is 0 Å². The fraction of sp³-hybridized carbons (Fsp3) is 0.421. The molecule has 0 fully saturated rings. The molecule has 4 nitrogen and oxygen atoms in total. The first-order chi connectivity index (χ1) is 11.5. The number of benzene rings is 1. The number of hydrogen-bond acceptors (Lipinski definition) is 3. The average molecular weight is 333 g/mol. The van der Waals surface area contributed by atoms with E-state index in [1.165, 1.54) is 12.3 Å². The van der Waals surface area contributed by atoms with Crippen molar-refractivity contribution in [2.45, 2.75) is 45.3 Å². The Kier molecular flexibility index (Phi) is 6.55. The molecule has 2 N–H and O–H groups in total. The van der Waals surface area contributed by atoms with Gasteiger partial charge in [0.05, 0.1) is 6.26 Å². The van der Waals surface area contributed by atoms with Crippen molar-refractivity contribution in [3.8, 4) is 0 Å². The van der Waals surface area contributed by atoms with Crippen LogP contribution in [0.25, 0.3) is 0 Å². The molecule has 0 saturated heterocycles. The first-order valence-corrected chi connectivity index (χ1v) is 8.22. The molecule has 1 amide bonds. The zero-order chi connectivity index (χ0) is 17.5. The average Bonchev–Trinajstić information content (AvgIpc) is 3.08. The van der Waals surface area contributed by atoms with Crippen LogP contribution in [0.3, 0.4) is 0 Å². The highest BCUT2D eigenvalue weighted by Crippen LogP contribution is 2.19. The van der Waals surface area contributed by atoms with Gasteiger partial charge >= 0.3 is 0 Å². The van der Waals surface area contributed by atoms with Crippen molar-refractivity contribution >= 4 is 5.91 Å². The van der Waals surface area contributed by atoms with Crippen molar-refractivity contribution in [2.75, 3.05) is 0 Å². The first-order valence-electron chi connectivity index (χ1n) is 8.22. The van der Waals surface area contributed by atoms with Crippen LogP contribution in [0, 0.1) is 11.7 Å². The van der Waals surface area contributed by atoms with E-state index >= 15 is 0 Å². The summed E-state index contributed by atoms with van der Waals surface area (Å²) in [6.07, 6.45) is 2.22. The van der Waals surface area contributed by atoms with Crippen molar-refractivity contribution in [1.29, 1.82) is 0 Å². The second-order valence-corrected chi connectivity index (χ2v) is 6.21. The van der Waals surface area contributed by atoms with E-state index in [1.54, 1.807) is 30.3 Å². The molecule has 5 heteroatoms. The summed E-state index contributed by atoms with van der Waals surface area (Å²) in [4.78, 5) is 12.2. The molecular weight excluding hydrogens is 309 g/mol. The Morgan fingerprint density at radius 2 is 2.00 bits per heavy atom. The van der Waals surface area contributed by atoms with Crippen LogP contribution in [0.2, 0.25) is 0 Å². The standard InChI is InChI=1S/C19H24FNO3/c1-13(9-10-15-6-3-4-7-16(15)20)19(23)21-14(2)12-17(22)18-8-5-11-24-18/h3-8,11,13-14,17,22H,9-10,12H2,1-2H3,(H,21,23). The maximum atomic E-state index is 13.6. The van der Waals surface area contributed by atoms with Gasteiger partial charge in [-0.25, -0.2) is 4.39 Å². The lowest BCUT2D eigenvalue weighted by molar-refractivity contribution is -0.125. The quantitative estimate of drug-likeness (QED) is 0.775. The summed E-state index contributed by atoms with van der Waals surface area (Å²) in [6, 6.07) is 9.85. The fourth-order valence-electron chi connectivity index (χ4n) is 2.58.